The van der Waals surface area contributed by atoms with E-state index in [0.717, 1.165) is 45.3 Å². The molecule has 3 rings (SSSR count). The number of allylic oxidation sites excluding steroid dienone is 2. The average Bonchev–Trinajstić information content (AvgIpc) is 2.85. The van der Waals surface area contributed by atoms with Crippen molar-refractivity contribution in [1.82, 2.24) is 4.90 Å². The second-order valence-corrected chi connectivity index (χ2v) is 9.81. The van der Waals surface area contributed by atoms with E-state index in [9.17, 15) is 0 Å². The Bertz CT molecular complexity index is 1000. The molecule has 0 aliphatic heterocycles. The van der Waals surface area contributed by atoms with E-state index < -0.39 is 0 Å². The predicted octanol–water partition coefficient (Wildman–Crippen LogP) is 8.40. The lowest BCUT2D eigenvalue weighted by Crippen LogP contribution is -2.24. The molecule has 1 heteroatoms. The van der Waals surface area contributed by atoms with Gasteiger partial charge in [0.05, 0.1) is 0 Å². The third kappa shape index (κ3) is 9.40. The quantitative estimate of drug-likeness (QED) is 0.144. The van der Waals surface area contributed by atoms with E-state index >= 15 is 0 Å². The van der Waals surface area contributed by atoms with Crippen LogP contribution in [0.3, 0.4) is 0 Å². The fourth-order valence-electron chi connectivity index (χ4n) is 4.24. The van der Waals surface area contributed by atoms with Gasteiger partial charge in [0.2, 0.25) is 0 Å². The molecule has 0 N–H and O–H groups in total. The van der Waals surface area contributed by atoms with Crippen molar-refractivity contribution >= 4 is 0 Å². The third-order valence-corrected chi connectivity index (χ3v) is 6.07. The van der Waals surface area contributed by atoms with Crippen LogP contribution in [0.4, 0.5) is 0 Å². The molecule has 0 aliphatic rings. The fraction of sp³-hybridized carbons (Fsp3) is 0.303. The Morgan fingerprint density at radius 1 is 0.765 bits per heavy atom. The van der Waals surface area contributed by atoms with Crippen LogP contribution in [-0.2, 0) is 19.5 Å². The maximum absolute atomic E-state index is 4.04. The van der Waals surface area contributed by atoms with E-state index in [4.69, 9.17) is 0 Å². The Balaban J connectivity index is 1.54. The van der Waals surface area contributed by atoms with Crippen LogP contribution in [-0.4, -0.2) is 11.4 Å². The SMILES string of the molecule is C=CC(=C=CC(C)(C)Cc1ccccc1)CCCCN(Cc1ccccc1)Cc1ccccc1. The van der Waals surface area contributed by atoms with Crippen LogP contribution in [0.5, 0.6) is 0 Å². The molecule has 34 heavy (non-hydrogen) atoms. The Hall–Kier alpha value is -3.12. The highest BCUT2D eigenvalue weighted by molar-refractivity contribution is 5.21. The van der Waals surface area contributed by atoms with Crippen LogP contribution in [0.25, 0.3) is 0 Å². The molecule has 0 bridgehead atoms. The molecule has 0 unspecified atom stereocenters. The molecule has 0 saturated heterocycles. The standard InChI is InChI=1S/C33H39N/c1-4-29(23-24-33(2,3)26-30-17-8-5-9-18-30)16-14-15-25-34(27-31-19-10-6-11-20-31)28-32-21-12-7-13-22-32/h4-13,17-22,24H,1,14-16,25-28H2,2-3H3. The van der Waals surface area contributed by atoms with Gasteiger partial charge in [-0.25, -0.2) is 0 Å². The molecule has 0 fully saturated rings. The summed E-state index contributed by atoms with van der Waals surface area (Å²) in [6.45, 7) is 11.6. The highest BCUT2D eigenvalue weighted by Crippen LogP contribution is 2.23. The summed E-state index contributed by atoms with van der Waals surface area (Å²) in [4.78, 5) is 2.56. The van der Waals surface area contributed by atoms with Gasteiger partial charge in [0.1, 0.15) is 0 Å². The Morgan fingerprint density at radius 2 is 1.26 bits per heavy atom. The zero-order chi connectivity index (χ0) is 24.1. The van der Waals surface area contributed by atoms with E-state index in [1.54, 1.807) is 0 Å². The maximum Gasteiger partial charge on any atom is 0.0237 e. The largest absolute Gasteiger partial charge is 0.295 e. The monoisotopic (exact) mass is 449 g/mol. The van der Waals surface area contributed by atoms with Crippen molar-refractivity contribution < 1.29 is 0 Å². The lowest BCUT2D eigenvalue weighted by Gasteiger charge is -2.22. The van der Waals surface area contributed by atoms with Crippen molar-refractivity contribution in [2.45, 2.75) is 52.6 Å². The van der Waals surface area contributed by atoms with Gasteiger partial charge in [-0.15, -0.1) is 5.73 Å². The molecule has 0 aliphatic carbocycles. The van der Waals surface area contributed by atoms with Crippen molar-refractivity contribution in [3.05, 3.63) is 138 Å². The summed E-state index contributed by atoms with van der Waals surface area (Å²) in [7, 11) is 0. The first-order valence-electron chi connectivity index (χ1n) is 12.5. The lowest BCUT2D eigenvalue weighted by molar-refractivity contribution is 0.251. The van der Waals surface area contributed by atoms with Crippen molar-refractivity contribution in [3.63, 3.8) is 0 Å². The Kier molecular flexibility index (Phi) is 10.2. The smallest absolute Gasteiger partial charge is 0.0237 e. The van der Waals surface area contributed by atoms with Gasteiger partial charge in [0, 0.05) is 13.1 Å². The number of nitrogens with zero attached hydrogens (tertiary/aromatic N) is 1. The first-order chi connectivity index (χ1) is 16.5. The van der Waals surface area contributed by atoms with E-state index in [2.05, 4.69) is 128 Å². The number of hydrogen-bond acceptors (Lipinski definition) is 1. The molecule has 176 valence electrons. The fourth-order valence-corrected chi connectivity index (χ4v) is 4.24. The maximum atomic E-state index is 4.04. The minimum atomic E-state index is 0.0672. The first kappa shape index (κ1) is 25.5. The zero-order valence-corrected chi connectivity index (χ0v) is 20.9. The van der Waals surface area contributed by atoms with Gasteiger partial charge in [-0.1, -0.05) is 117 Å². The summed E-state index contributed by atoms with van der Waals surface area (Å²) in [5.74, 6) is 0. The molecule has 0 atom stereocenters. The average molecular weight is 450 g/mol. The summed E-state index contributed by atoms with van der Waals surface area (Å²) in [5.41, 5.74) is 8.93. The van der Waals surface area contributed by atoms with Crippen molar-refractivity contribution in [1.29, 1.82) is 0 Å². The van der Waals surface area contributed by atoms with Crippen LogP contribution in [0.1, 0.15) is 49.8 Å². The van der Waals surface area contributed by atoms with Crippen LogP contribution in [0.2, 0.25) is 0 Å². The molecular formula is C33H39N. The van der Waals surface area contributed by atoms with Gasteiger partial charge in [-0.2, -0.15) is 0 Å². The summed E-state index contributed by atoms with van der Waals surface area (Å²) < 4.78 is 0. The van der Waals surface area contributed by atoms with E-state index in [1.165, 1.54) is 22.3 Å². The second kappa shape index (κ2) is 13.6. The normalized spacial score (nSPS) is 11.1. The van der Waals surface area contributed by atoms with Crippen LogP contribution < -0.4 is 0 Å². The molecule has 0 heterocycles. The zero-order valence-electron chi connectivity index (χ0n) is 20.9. The molecule has 0 radical (unpaired) electrons. The Labute approximate surface area is 207 Å². The predicted molar refractivity (Wildman–Crippen MR) is 147 cm³/mol. The molecule has 3 aromatic rings. The van der Waals surface area contributed by atoms with Gasteiger partial charge in [-0.3, -0.25) is 4.90 Å². The van der Waals surface area contributed by atoms with Crippen molar-refractivity contribution in [2.75, 3.05) is 6.54 Å². The Morgan fingerprint density at radius 3 is 1.76 bits per heavy atom. The number of hydrogen-bond donors (Lipinski definition) is 0. The summed E-state index contributed by atoms with van der Waals surface area (Å²) in [6, 6.07) is 32.3. The molecule has 1 nitrogen and oxygen atoms in total. The van der Waals surface area contributed by atoms with E-state index in [1.807, 2.05) is 6.08 Å². The summed E-state index contributed by atoms with van der Waals surface area (Å²) >= 11 is 0. The molecule has 0 amide bonds. The van der Waals surface area contributed by atoms with Gasteiger partial charge in [0.25, 0.3) is 0 Å². The minimum absolute atomic E-state index is 0.0672. The lowest BCUT2D eigenvalue weighted by atomic mass is 9.85. The van der Waals surface area contributed by atoms with Crippen LogP contribution in [0.15, 0.2) is 121 Å². The summed E-state index contributed by atoms with van der Waals surface area (Å²) in [5, 5.41) is 0. The molecule has 0 aromatic heterocycles. The first-order valence-corrected chi connectivity index (χ1v) is 12.5. The number of benzene rings is 3. The van der Waals surface area contributed by atoms with E-state index in [0.29, 0.717) is 0 Å². The van der Waals surface area contributed by atoms with E-state index in [-0.39, 0.29) is 5.41 Å². The van der Waals surface area contributed by atoms with Gasteiger partial charge < -0.3 is 0 Å². The number of rotatable bonds is 13. The van der Waals surface area contributed by atoms with Gasteiger partial charge in [-0.05, 0) is 66.0 Å². The minimum Gasteiger partial charge on any atom is -0.295 e. The highest BCUT2D eigenvalue weighted by Gasteiger charge is 2.14. The molecule has 0 saturated carbocycles. The van der Waals surface area contributed by atoms with Crippen LogP contribution in [0, 0.1) is 5.41 Å². The number of unbranched alkanes of at least 4 members (excludes halogenated alkanes) is 1. The van der Waals surface area contributed by atoms with Crippen LogP contribution >= 0.6 is 0 Å². The van der Waals surface area contributed by atoms with Crippen molar-refractivity contribution in [3.8, 4) is 0 Å². The van der Waals surface area contributed by atoms with Crippen molar-refractivity contribution in [2.24, 2.45) is 5.41 Å². The molecule has 3 aromatic carbocycles. The molecule has 0 spiro atoms. The van der Waals surface area contributed by atoms with Gasteiger partial charge >= 0.3 is 0 Å². The molecular weight excluding hydrogens is 410 g/mol. The summed E-state index contributed by atoms with van der Waals surface area (Å²) in [6.07, 6.45) is 8.54. The highest BCUT2D eigenvalue weighted by atomic mass is 15.1. The topological polar surface area (TPSA) is 3.24 Å². The third-order valence-electron chi connectivity index (χ3n) is 6.07. The van der Waals surface area contributed by atoms with Gasteiger partial charge in [0.15, 0.2) is 0 Å². The second-order valence-electron chi connectivity index (χ2n) is 9.81.